The van der Waals surface area contributed by atoms with Crippen LogP contribution < -0.4 is 15.8 Å². The molecule has 0 aliphatic carbocycles. The van der Waals surface area contributed by atoms with E-state index >= 15 is 0 Å². The SMILES string of the molecule is Cc1cccc(N)c1S(=O)(=O)NC(=O)NC(C)(C)C. The Bertz CT molecular complexity index is 568. The summed E-state index contributed by atoms with van der Waals surface area (Å²) in [6, 6.07) is 3.96. The van der Waals surface area contributed by atoms with Gasteiger partial charge in [-0.15, -0.1) is 0 Å². The molecule has 2 amide bonds. The molecule has 6 nitrogen and oxygen atoms in total. The average Bonchev–Trinajstić information content (AvgIpc) is 2.11. The Balaban J connectivity index is 3.03. The average molecular weight is 285 g/mol. The molecule has 0 unspecified atom stereocenters. The summed E-state index contributed by atoms with van der Waals surface area (Å²) in [5.41, 5.74) is 5.72. The highest BCUT2D eigenvalue weighted by molar-refractivity contribution is 7.90. The van der Waals surface area contributed by atoms with Crippen LogP contribution in [-0.2, 0) is 10.0 Å². The van der Waals surface area contributed by atoms with Crippen molar-refractivity contribution in [2.75, 3.05) is 5.73 Å². The van der Waals surface area contributed by atoms with Crippen molar-refractivity contribution in [3.63, 3.8) is 0 Å². The molecule has 1 aromatic rings. The normalized spacial score (nSPS) is 12.0. The zero-order chi connectivity index (χ0) is 14.8. The summed E-state index contributed by atoms with van der Waals surface area (Å²) in [5, 5.41) is 2.51. The minimum atomic E-state index is -3.98. The second-order valence-electron chi connectivity index (χ2n) is 5.30. The molecule has 0 spiro atoms. The van der Waals surface area contributed by atoms with E-state index in [0.29, 0.717) is 5.56 Å². The molecule has 0 aromatic heterocycles. The number of amides is 2. The van der Waals surface area contributed by atoms with Gasteiger partial charge in [0.15, 0.2) is 0 Å². The fourth-order valence-electron chi connectivity index (χ4n) is 1.58. The second kappa shape index (κ2) is 5.08. The Morgan fingerprint density at radius 2 is 1.84 bits per heavy atom. The lowest BCUT2D eigenvalue weighted by molar-refractivity contribution is 0.237. The summed E-state index contributed by atoms with van der Waals surface area (Å²) in [6.07, 6.45) is 0. The predicted molar refractivity (Wildman–Crippen MR) is 74.2 cm³/mol. The van der Waals surface area contributed by atoms with Gasteiger partial charge < -0.3 is 11.1 Å². The molecule has 19 heavy (non-hydrogen) atoms. The Kier molecular flexibility index (Phi) is 4.09. The van der Waals surface area contributed by atoms with Crippen molar-refractivity contribution in [3.05, 3.63) is 23.8 Å². The van der Waals surface area contributed by atoms with Crippen LogP contribution in [0, 0.1) is 6.92 Å². The minimum absolute atomic E-state index is 0.0703. The second-order valence-corrected chi connectivity index (χ2v) is 6.92. The number of urea groups is 1. The third-order valence-electron chi connectivity index (χ3n) is 2.23. The molecule has 1 rings (SSSR count). The number of anilines is 1. The molecule has 0 aliphatic rings. The Morgan fingerprint density at radius 3 is 2.32 bits per heavy atom. The van der Waals surface area contributed by atoms with Crippen molar-refractivity contribution < 1.29 is 13.2 Å². The van der Waals surface area contributed by atoms with Crippen molar-refractivity contribution in [1.29, 1.82) is 0 Å². The van der Waals surface area contributed by atoms with E-state index in [9.17, 15) is 13.2 Å². The summed E-state index contributed by atoms with van der Waals surface area (Å²) >= 11 is 0. The van der Waals surface area contributed by atoms with Gasteiger partial charge in [0.2, 0.25) is 0 Å². The summed E-state index contributed by atoms with van der Waals surface area (Å²) in [4.78, 5) is 11.6. The molecule has 7 heteroatoms. The van der Waals surface area contributed by atoms with E-state index in [-0.39, 0.29) is 10.6 Å². The lowest BCUT2D eigenvalue weighted by Crippen LogP contribution is -2.48. The number of sulfonamides is 1. The van der Waals surface area contributed by atoms with Crippen molar-refractivity contribution in [2.45, 2.75) is 38.1 Å². The number of nitrogens with two attached hydrogens (primary N) is 1. The van der Waals surface area contributed by atoms with Crippen LogP contribution in [0.4, 0.5) is 10.5 Å². The van der Waals surface area contributed by atoms with Crippen LogP contribution >= 0.6 is 0 Å². The molecule has 0 heterocycles. The topological polar surface area (TPSA) is 101 Å². The van der Waals surface area contributed by atoms with E-state index in [1.165, 1.54) is 6.07 Å². The first-order valence-electron chi connectivity index (χ1n) is 5.73. The third kappa shape index (κ3) is 4.13. The highest BCUT2D eigenvalue weighted by Gasteiger charge is 2.24. The van der Waals surface area contributed by atoms with Crippen LogP contribution in [0.15, 0.2) is 23.1 Å². The highest BCUT2D eigenvalue weighted by Crippen LogP contribution is 2.21. The quantitative estimate of drug-likeness (QED) is 0.714. The molecule has 0 bridgehead atoms. The molecule has 0 aliphatic heterocycles. The van der Waals surface area contributed by atoms with Gasteiger partial charge in [0, 0.05) is 5.54 Å². The number of aryl methyl sites for hydroxylation is 1. The molecule has 106 valence electrons. The van der Waals surface area contributed by atoms with Crippen LogP contribution in [0.5, 0.6) is 0 Å². The van der Waals surface area contributed by atoms with E-state index < -0.39 is 21.6 Å². The van der Waals surface area contributed by atoms with Crippen LogP contribution in [0.3, 0.4) is 0 Å². The molecular formula is C12H19N3O3S. The van der Waals surface area contributed by atoms with Gasteiger partial charge in [-0.05, 0) is 39.3 Å². The molecule has 0 saturated carbocycles. The van der Waals surface area contributed by atoms with Crippen LogP contribution in [-0.4, -0.2) is 20.0 Å². The van der Waals surface area contributed by atoms with Crippen molar-refractivity contribution >= 4 is 21.7 Å². The predicted octanol–water partition coefficient (Wildman–Crippen LogP) is 1.36. The fraction of sp³-hybridized carbons (Fsp3) is 0.417. The Hall–Kier alpha value is -1.76. The van der Waals surface area contributed by atoms with Gasteiger partial charge in [-0.25, -0.2) is 17.9 Å². The number of rotatable bonds is 2. The number of hydrogen-bond acceptors (Lipinski definition) is 4. The first-order valence-corrected chi connectivity index (χ1v) is 7.21. The third-order valence-corrected chi connectivity index (χ3v) is 3.78. The summed E-state index contributed by atoms with van der Waals surface area (Å²) in [6.45, 7) is 6.87. The zero-order valence-corrected chi connectivity index (χ0v) is 12.3. The minimum Gasteiger partial charge on any atom is -0.398 e. The maximum Gasteiger partial charge on any atom is 0.329 e. The van der Waals surface area contributed by atoms with Gasteiger partial charge in [0.1, 0.15) is 4.90 Å². The Morgan fingerprint density at radius 1 is 1.26 bits per heavy atom. The first-order chi connectivity index (χ1) is 8.53. The van der Waals surface area contributed by atoms with Crippen LogP contribution in [0.2, 0.25) is 0 Å². The number of carbonyl (C=O) groups is 1. The molecular weight excluding hydrogens is 266 g/mol. The number of hydrogen-bond donors (Lipinski definition) is 3. The Labute approximate surface area is 113 Å². The summed E-state index contributed by atoms with van der Waals surface area (Å²) in [7, 11) is -3.98. The maximum atomic E-state index is 12.1. The number of nitrogens with one attached hydrogen (secondary N) is 2. The maximum absolute atomic E-state index is 12.1. The van der Waals surface area contributed by atoms with Gasteiger partial charge in [-0.2, -0.15) is 0 Å². The highest BCUT2D eigenvalue weighted by atomic mass is 32.2. The van der Waals surface area contributed by atoms with Crippen molar-refractivity contribution in [3.8, 4) is 0 Å². The number of carbonyl (C=O) groups excluding carboxylic acids is 1. The zero-order valence-electron chi connectivity index (χ0n) is 11.4. The van der Waals surface area contributed by atoms with Crippen molar-refractivity contribution in [1.82, 2.24) is 10.0 Å². The van der Waals surface area contributed by atoms with E-state index in [1.54, 1.807) is 39.8 Å². The molecule has 0 saturated heterocycles. The van der Waals surface area contributed by atoms with Gasteiger partial charge in [0.05, 0.1) is 5.69 Å². The smallest absolute Gasteiger partial charge is 0.329 e. The molecule has 0 atom stereocenters. The monoisotopic (exact) mass is 285 g/mol. The fourth-order valence-corrected chi connectivity index (χ4v) is 2.85. The van der Waals surface area contributed by atoms with E-state index in [4.69, 9.17) is 5.73 Å². The van der Waals surface area contributed by atoms with Crippen LogP contribution in [0.1, 0.15) is 26.3 Å². The molecule has 1 aromatic carbocycles. The lowest BCUT2D eigenvalue weighted by atomic mass is 10.1. The van der Waals surface area contributed by atoms with Gasteiger partial charge in [-0.1, -0.05) is 12.1 Å². The van der Waals surface area contributed by atoms with Crippen molar-refractivity contribution in [2.24, 2.45) is 0 Å². The molecule has 0 radical (unpaired) electrons. The standard InChI is InChI=1S/C12H19N3O3S/c1-8-6-5-7-9(13)10(8)19(17,18)15-11(16)14-12(2,3)4/h5-7H,13H2,1-4H3,(H2,14,15,16). The van der Waals surface area contributed by atoms with Gasteiger partial charge in [-0.3, -0.25) is 0 Å². The van der Waals surface area contributed by atoms with E-state index in [0.717, 1.165) is 0 Å². The largest absolute Gasteiger partial charge is 0.398 e. The number of nitrogen functional groups attached to an aromatic ring is 1. The summed E-state index contributed by atoms with van der Waals surface area (Å²) < 4.78 is 26.2. The van der Waals surface area contributed by atoms with E-state index in [1.807, 2.05) is 4.72 Å². The molecule has 4 N–H and O–H groups in total. The molecule has 0 fully saturated rings. The number of benzene rings is 1. The van der Waals surface area contributed by atoms with E-state index in [2.05, 4.69) is 5.32 Å². The van der Waals surface area contributed by atoms with Crippen LogP contribution in [0.25, 0.3) is 0 Å². The van der Waals surface area contributed by atoms with Gasteiger partial charge in [0.25, 0.3) is 10.0 Å². The first kappa shape index (κ1) is 15.3. The van der Waals surface area contributed by atoms with Gasteiger partial charge >= 0.3 is 6.03 Å². The summed E-state index contributed by atoms with van der Waals surface area (Å²) in [5.74, 6) is 0. The lowest BCUT2D eigenvalue weighted by Gasteiger charge is -2.21.